The second-order valence-electron chi connectivity index (χ2n) is 7.90. The van der Waals surface area contributed by atoms with E-state index in [4.69, 9.17) is 12.6 Å². The van der Waals surface area contributed by atoms with Gasteiger partial charge in [-0.25, -0.2) is 0 Å². The van der Waals surface area contributed by atoms with Gasteiger partial charge in [-0.05, 0) is 55.2 Å². The van der Waals surface area contributed by atoms with Crippen molar-refractivity contribution in [3.05, 3.63) is 0 Å². The lowest BCUT2D eigenvalue weighted by atomic mass is 9.74. The molecule has 0 spiro atoms. The van der Waals surface area contributed by atoms with Crippen molar-refractivity contribution in [2.75, 3.05) is 25.4 Å². The molecule has 1 aliphatic heterocycles. The fraction of sp³-hybridized carbons (Fsp3) is 1.00. The summed E-state index contributed by atoms with van der Waals surface area (Å²) in [5.41, 5.74) is 0.543. The fourth-order valence-corrected chi connectivity index (χ4v) is 5.56. The fourth-order valence-electron chi connectivity index (χ4n) is 5.14. The van der Waals surface area contributed by atoms with E-state index in [1.807, 2.05) is 0 Å². The lowest BCUT2D eigenvalue weighted by Gasteiger charge is -2.45. The topological polar surface area (TPSA) is 3.24 Å². The van der Waals surface area contributed by atoms with Crippen LogP contribution in [0.4, 0.5) is 0 Å². The summed E-state index contributed by atoms with van der Waals surface area (Å²) in [6.07, 6.45) is 16.2. The van der Waals surface area contributed by atoms with E-state index >= 15 is 0 Å². The van der Waals surface area contributed by atoms with Crippen molar-refractivity contribution in [3.8, 4) is 0 Å². The van der Waals surface area contributed by atoms with Crippen LogP contribution in [0.5, 0.6) is 0 Å². The zero-order valence-corrected chi connectivity index (χ0v) is 14.1. The predicted molar refractivity (Wildman–Crippen MR) is 90.5 cm³/mol. The molecule has 116 valence electrons. The van der Waals surface area contributed by atoms with Gasteiger partial charge in [0, 0.05) is 13.1 Å². The van der Waals surface area contributed by atoms with Crippen LogP contribution in [0.1, 0.15) is 70.6 Å². The summed E-state index contributed by atoms with van der Waals surface area (Å²) in [5.74, 6) is 3.21. The molecule has 2 atom stereocenters. The Morgan fingerprint density at radius 2 is 1.55 bits per heavy atom. The number of likely N-dealkylation sites (tertiary alicyclic amines) is 1. The third-order valence-corrected chi connectivity index (χ3v) is 7.10. The molecule has 1 saturated heterocycles. The first-order valence-corrected chi connectivity index (χ1v) is 9.78. The highest BCUT2D eigenvalue weighted by molar-refractivity contribution is 7.80. The first kappa shape index (κ1) is 15.2. The molecule has 0 N–H and O–H groups in total. The Morgan fingerprint density at radius 3 is 2.25 bits per heavy atom. The Morgan fingerprint density at radius 1 is 0.850 bits per heavy atom. The number of hydrogen-bond acceptors (Lipinski definition) is 2. The van der Waals surface area contributed by atoms with Gasteiger partial charge in [0.05, 0.1) is 0 Å². The number of piperidine rings is 1. The molecule has 0 aromatic heterocycles. The normalized spacial score (nSPS) is 35.2. The summed E-state index contributed by atoms with van der Waals surface area (Å²) in [5, 5.41) is 0. The first-order valence-electron chi connectivity index (χ1n) is 9.15. The standard InChI is InChI=1S/C18H33NS/c20-15-18(10-5-1-2-6-11-18)14-19-12-9-16-7-3-4-8-17(16)13-19/h16-17,20H,1-15H2. The van der Waals surface area contributed by atoms with Gasteiger partial charge in [-0.15, -0.1) is 0 Å². The number of hydrogen-bond donors (Lipinski definition) is 1. The molecule has 0 aromatic rings. The Balaban J connectivity index is 1.58. The molecular formula is C18H33NS. The average molecular weight is 296 g/mol. The van der Waals surface area contributed by atoms with E-state index in [1.165, 1.54) is 90.3 Å². The van der Waals surface area contributed by atoms with Gasteiger partial charge in [-0.3, -0.25) is 0 Å². The molecular weight excluding hydrogens is 262 g/mol. The van der Waals surface area contributed by atoms with Crippen molar-refractivity contribution < 1.29 is 0 Å². The zero-order valence-electron chi connectivity index (χ0n) is 13.2. The third kappa shape index (κ3) is 3.55. The third-order valence-electron chi connectivity index (χ3n) is 6.43. The monoisotopic (exact) mass is 295 g/mol. The number of rotatable bonds is 3. The van der Waals surface area contributed by atoms with Gasteiger partial charge in [-0.2, -0.15) is 12.6 Å². The molecule has 3 fully saturated rings. The SMILES string of the molecule is SCC1(CN2CCC3CCCCC3C2)CCCCCC1. The van der Waals surface area contributed by atoms with Crippen LogP contribution in [0.15, 0.2) is 0 Å². The van der Waals surface area contributed by atoms with E-state index in [-0.39, 0.29) is 0 Å². The summed E-state index contributed by atoms with van der Waals surface area (Å²) < 4.78 is 0. The highest BCUT2D eigenvalue weighted by Gasteiger charge is 2.36. The minimum Gasteiger partial charge on any atom is -0.302 e. The molecule has 2 aliphatic carbocycles. The Bertz CT molecular complexity index is 296. The van der Waals surface area contributed by atoms with Crippen LogP contribution in [0.2, 0.25) is 0 Å². The largest absolute Gasteiger partial charge is 0.302 e. The lowest BCUT2D eigenvalue weighted by Crippen LogP contribution is -2.47. The van der Waals surface area contributed by atoms with Gasteiger partial charge >= 0.3 is 0 Å². The highest BCUT2D eigenvalue weighted by Crippen LogP contribution is 2.40. The van der Waals surface area contributed by atoms with Gasteiger partial charge in [-0.1, -0.05) is 44.9 Å². The molecule has 2 saturated carbocycles. The van der Waals surface area contributed by atoms with Crippen LogP contribution in [-0.4, -0.2) is 30.3 Å². The molecule has 1 heterocycles. The summed E-state index contributed by atoms with van der Waals surface area (Å²) >= 11 is 4.76. The van der Waals surface area contributed by atoms with Crippen LogP contribution in [0.25, 0.3) is 0 Å². The predicted octanol–water partition coefficient (Wildman–Crippen LogP) is 4.77. The molecule has 3 aliphatic rings. The van der Waals surface area contributed by atoms with Crippen molar-refractivity contribution in [2.24, 2.45) is 17.3 Å². The van der Waals surface area contributed by atoms with Gasteiger partial charge in [0.1, 0.15) is 0 Å². The molecule has 20 heavy (non-hydrogen) atoms. The van der Waals surface area contributed by atoms with Crippen LogP contribution in [0, 0.1) is 17.3 Å². The van der Waals surface area contributed by atoms with E-state index in [0.717, 1.165) is 17.6 Å². The zero-order chi connectivity index (χ0) is 13.8. The first-order chi connectivity index (χ1) is 9.81. The van der Waals surface area contributed by atoms with Crippen molar-refractivity contribution in [2.45, 2.75) is 70.6 Å². The van der Waals surface area contributed by atoms with E-state index in [2.05, 4.69) is 4.90 Å². The van der Waals surface area contributed by atoms with Gasteiger partial charge in [0.15, 0.2) is 0 Å². The molecule has 0 bridgehead atoms. The molecule has 2 unspecified atom stereocenters. The Hall–Kier alpha value is 0.310. The smallest absolute Gasteiger partial charge is 0.00459 e. The Kier molecular flexibility index (Phi) is 5.36. The van der Waals surface area contributed by atoms with E-state index in [9.17, 15) is 0 Å². The molecule has 0 aromatic carbocycles. The van der Waals surface area contributed by atoms with Crippen LogP contribution in [0.3, 0.4) is 0 Å². The maximum absolute atomic E-state index is 4.76. The minimum atomic E-state index is 0.543. The summed E-state index contributed by atoms with van der Waals surface area (Å²) in [4.78, 5) is 2.83. The minimum absolute atomic E-state index is 0.543. The van der Waals surface area contributed by atoms with Gasteiger partial charge < -0.3 is 4.90 Å². The van der Waals surface area contributed by atoms with Crippen LogP contribution >= 0.6 is 12.6 Å². The number of thiol groups is 1. The van der Waals surface area contributed by atoms with Crippen molar-refractivity contribution in [1.82, 2.24) is 4.90 Å². The summed E-state index contributed by atoms with van der Waals surface area (Å²) in [6.45, 7) is 4.12. The average Bonchev–Trinajstić information content (AvgIpc) is 2.73. The summed E-state index contributed by atoms with van der Waals surface area (Å²) in [7, 11) is 0. The number of fused-ring (bicyclic) bond motifs is 1. The van der Waals surface area contributed by atoms with Gasteiger partial charge in [0.2, 0.25) is 0 Å². The number of nitrogens with zero attached hydrogens (tertiary/aromatic N) is 1. The van der Waals surface area contributed by atoms with Gasteiger partial charge in [0.25, 0.3) is 0 Å². The van der Waals surface area contributed by atoms with Crippen LogP contribution < -0.4 is 0 Å². The molecule has 2 heteroatoms. The Labute approximate surface area is 131 Å². The van der Waals surface area contributed by atoms with Crippen LogP contribution in [-0.2, 0) is 0 Å². The maximum Gasteiger partial charge on any atom is 0.00459 e. The van der Waals surface area contributed by atoms with E-state index in [0.29, 0.717) is 5.41 Å². The second-order valence-corrected chi connectivity index (χ2v) is 8.22. The molecule has 3 rings (SSSR count). The second kappa shape index (κ2) is 7.05. The van der Waals surface area contributed by atoms with Crippen molar-refractivity contribution >= 4 is 12.6 Å². The molecule has 1 nitrogen and oxygen atoms in total. The highest BCUT2D eigenvalue weighted by atomic mass is 32.1. The maximum atomic E-state index is 4.76. The molecule has 0 radical (unpaired) electrons. The lowest BCUT2D eigenvalue weighted by molar-refractivity contribution is 0.0529. The van der Waals surface area contributed by atoms with Crippen molar-refractivity contribution in [1.29, 1.82) is 0 Å². The van der Waals surface area contributed by atoms with E-state index < -0.39 is 0 Å². The molecule has 0 amide bonds. The van der Waals surface area contributed by atoms with E-state index in [1.54, 1.807) is 0 Å². The summed E-state index contributed by atoms with van der Waals surface area (Å²) in [6, 6.07) is 0. The van der Waals surface area contributed by atoms with Crippen molar-refractivity contribution in [3.63, 3.8) is 0 Å². The quantitative estimate of drug-likeness (QED) is 0.580.